The van der Waals surface area contributed by atoms with E-state index in [0.717, 1.165) is 37.4 Å². The maximum atomic E-state index is 5.98. The third-order valence-electron chi connectivity index (χ3n) is 4.31. The number of nitrogens with two attached hydrogens (primary N) is 1. The summed E-state index contributed by atoms with van der Waals surface area (Å²) >= 11 is 0. The third-order valence-corrected chi connectivity index (χ3v) is 4.31. The van der Waals surface area contributed by atoms with E-state index in [1.807, 2.05) is 0 Å². The molecule has 0 radical (unpaired) electrons. The molecule has 3 nitrogen and oxygen atoms in total. The van der Waals surface area contributed by atoms with Crippen molar-refractivity contribution in [3.8, 4) is 0 Å². The van der Waals surface area contributed by atoms with Gasteiger partial charge in [-0.05, 0) is 49.4 Å². The lowest BCUT2D eigenvalue weighted by atomic mass is 10.0. The molecule has 3 rings (SSSR count). The number of pyridine rings is 1. The van der Waals surface area contributed by atoms with Gasteiger partial charge < -0.3 is 10.6 Å². The van der Waals surface area contributed by atoms with Crippen molar-refractivity contribution < 1.29 is 0 Å². The van der Waals surface area contributed by atoms with Crippen LogP contribution in [0.1, 0.15) is 34.4 Å². The number of anilines is 1. The second kappa shape index (κ2) is 5.86. The van der Waals surface area contributed by atoms with E-state index in [1.54, 1.807) is 0 Å². The molecule has 0 spiro atoms. The molecule has 3 heteroatoms. The van der Waals surface area contributed by atoms with Gasteiger partial charge in [-0.25, -0.2) is 4.98 Å². The average Bonchev–Trinajstić information content (AvgIpc) is 2.68. The summed E-state index contributed by atoms with van der Waals surface area (Å²) in [6.45, 7) is 6.71. The molecular formula is C18H23N3. The van der Waals surface area contributed by atoms with Gasteiger partial charge in [0.1, 0.15) is 5.82 Å². The van der Waals surface area contributed by atoms with Crippen LogP contribution < -0.4 is 10.6 Å². The van der Waals surface area contributed by atoms with Crippen LogP contribution in [-0.4, -0.2) is 11.5 Å². The predicted octanol–water partition coefficient (Wildman–Crippen LogP) is 3.11. The number of fused-ring (bicyclic) bond motifs is 1. The Bertz CT molecular complexity index is 649. The summed E-state index contributed by atoms with van der Waals surface area (Å²) in [5.74, 6) is 1.08. The molecule has 1 aromatic carbocycles. The van der Waals surface area contributed by atoms with Crippen molar-refractivity contribution in [2.45, 2.75) is 39.8 Å². The van der Waals surface area contributed by atoms with Crippen LogP contribution >= 0.6 is 0 Å². The molecule has 1 aliphatic rings. The number of aryl methyl sites for hydroxylation is 3. The fourth-order valence-corrected chi connectivity index (χ4v) is 3.24. The van der Waals surface area contributed by atoms with E-state index < -0.39 is 0 Å². The number of nitrogens with zero attached hydrogens (tertiary/aromatic N) is 2. The van der Waals surface area contributed by atoms with Crippen molar-refractivity contribution in [3.05, 3.63) is 58.3 Å². The SMILES string of the molecule is Cc1cc(C)c(CN)c(N2CCCc3ccccc3C2)n1. The number of hydrogen-bond acceptors (Lipinski definition) is 3. The number of benzene rings is 1. The molecule has 0 saturated carbocycles. The Morgan fingerprint density at radius 1 is 1.19 bits per heavy atom. The van der Waals surface area contributed by atoms with Crippen LogP contribution in [0.25, 0.3) is 0 Å². The van der Waals surface area contributed by atoms with Gasteiger partial charge in [-0.15, -0.1) is 0 Å². The minimum absolute atomic E-state index is 0.548. The van der Waals surface area contributed by atoms with Crippen LogP contribution in [0.2, 0.25) is 0 Å². The standard InChI is InChI=1S/C18H23N3/c1-13-10-14(2)20-18(17(13)11-19)21-9-5-8-15-6-3-4-7-16(15)12-21/h3-4,6-7,10H,5,8-9,11-12,19H2,1-2H3. The highest BCUT2D eigenvalue weighted by atomic mass is 15.2. The Morgan fingerprint density at radius 3 is 2.71 bits per heavy atom. The normalized spacial score (nSPS) is 14.7. The third kappa shape index (κ3) is 2.79. The van der Waals surface area contributed by atoms with Crippen LogP contribution in [0.5, 0.6) is 0 Å². The van der Waals surface area contributed by atoms with E-state index in [9.17, 15) is 0 Å². The summed E-state index contributed by atoms with van der Waals surface area (Å²) in [5, 5.41) is 0. The minimum atomic E-state index is 0.548. The molecule has 0 fully saturated rings. The van der Waals surface area contributed by atoms with Crippen LogP contribution in [0, 0.1) is 13.8 Å². The minimum Gasteiger partial charge on any atom is -0.352 e. The van der Waals surface area contributed by atoms with Gasteiger partial charge in [0.05, 0.1) is 0 Å². The summed E-state index contributed by atoms with van der Waals surface area (Å²) in [7, 11) is 0. The van der Waals surface area contributed by atoms with E-state index in [4.69, 9.17) is 10.7 Å². The van der Waals surface area contributed by atoms with Gasteiger partial charge in [0.2, 0.25) is 0 Å². The first-order valence-electron chi connectivity index (χ1n) is 7.68. The van der Waals surface area contributed by atoms with Gasteiger partial charge in [0, 0.05) is 30.9 Å². The fourth-order valence-electron chi connectivity index (χ4n) is 3.24. The molecule has 2 heterocycles. The highest BCUT2D eigenvalue weighted by Crippen LogP contribution is 2.27. The molecule has 0 unspecified atom stereocenters. The Morgan fingerprint density at radius 2 is 1.95 bits per heavy atom. The number of hydrogen-bond donors (Lipinski definition) is 1. The molecule has 1 aliphatic heterocycles. The lowest BCUT2D eigenvalue weighted by Gasteiger charge is -2.26. The topological polar surface area (TPSA) is 42.1 Å². The molecule has 0 saturated heterocycles. The van der Waals surface area contributed by atoms with Gasteiger partial charge >= 0.3 is 0 Å². The lowest BCUT2D eigenvalue weighted by molar-refractivity contribution is 0.744. The van der Waals surface area contributed by atoms with Crippen molar-refractivity contribution in [1.82, 2.24) is 4.98 Å². The van der Waals surface area contributed by atoms with Gasteiger partial charge in [0.25, 0.3) is 0 Å². The highest BCUT2D eigenvalue weighted by molar-refractivity contribution is 5.52. The highest BCUT2D eigenvalue weighted by Gasteiger charge is 2.19. The second-order valence-corrected chi connectivity index (χ2v) is 5.88. The lowest BCUT2D eigenvalue weighted by Crippen LogP contribution is -2.26. The quantitative estimate of drug-likeness (QED) is 0.919. The molecule has 0 bridgehead atoms. The molecule has 0 amide bonds. The fraction of sp³-hybridized carbons (Fsp3) is 0.389. The molecule has 0 atom stereocenters. The Kier molecular flexibility index (Phi) is 3.93. The van der Waals surface area contributed by atoms with Crippen molar-refractivity contribution in [3.63, 3.8) is 0 Å². The molecule has 0 aliphatic carbocycles. The molecular weight excluding hydrogens is 258 g/mol. The first-order chi connectivity index (χ1) is 10.2. The average molecular weight is 281 g/mol. The molecule has 2 aromatic rings. The maximum Gasteiger partial charge on any atom is 0.133 e. The zero-order valence-corrected chi connectivity index (χ0v) is 12.9. The number of aromatic nitrogens is 1. The molecule has 21 heavy (non-hydrogen) atoms. The van der Waals surface area contributed by atoms with Crippen LogP contribution in [0.15, 0.2) is 30.3 Å². The van der Waals surface area contributed by atoms with Crippen LogP contribution in [-0.2, 0) is 19.5 Å². The van der Waals surface area contributed by atoms with Crippen molar-refractivity contribution in [1.29, 1.82) is 0 Å². The molecule has 110 valence electrons. The Labute approximate surface area is 126 Å². The van der Waals surface area contributed by atoms with Crippen molar-refractivity contribution >= 4 is 5.82 Å². The van der Waals surface area contributed by atoms with E-state index in [2.05, 4.69) is 49.1 Å². The molecule has 2 N–H and O–H groups in total. The van der Waals surface area contributed by atoms with E-state index >= 15 is 0 Å². The first-order valence-corrected chi connectivity index (χ1v) is 7.68. The zero-order valence-electron chi connectivity index (χ0n) is 12.9. The summed E-state index contributed by atoms with van der Waals surface area (Å²) in [6.07, 6.45) is 2.31. The summed E-state index contributed by atoms with van der Waals surface area (Å²) in [4.78, 5) is 7.19. The van der Waals surface area contributed by atoms with Crippen LogP contribution in [0.3, 0.4) is 0 Å². The smallest absolute Gasteiger partial charge is 0.133 e. The maximum absolute atomic E-state index is 5.98. The Hall–Kier alpha value is -1.87. The van der Waals surface area contributed by atoms with E-state index in [1.165, 1.54) is 22.3 Å². The van der Waals surface area contributed by atoms with Crippen molar-refractivity contribution in [2.24, 2.45) is 5.73 Å². The van der Waals surface area contributed by atoms with Crippen molar-refractivity contribution in [2.75, 3.05) is 11.4 Å². The monoisotopic (exact) mass is 281 g/mol. The predicted molar refractivity (Wildman–Crippen MR) is 87.4 cm³/mol. The largest absolute Gasteiger partial charge is 0.352 e. The summed E-state index contributed by atoms with van der Waals surface area (Å²) in [5.41, 5.74) is 12.4. The second-order valence-electron chi connectivity index (χ2n) is 5.88. The summed E-state index contributed by atoms with van der Waals surface area (Å²) in [6, 6.07) is 10.9. The van der Waals surface area contributed by atoms with Gasteiger partial charge in [-0.3, -0.25) is 0 Å². The number of rotatable bonds is 2. The first kappa shape index (κ1) is 14.1. The zero-order chi connectivity index (χ0) is 14.8. The molecule has 1 aromatic heterocycles. The summed E-state index contributed by atoms with van der Waals surface area (Å²) < 4.78 is 0. The van der Waals surface area contributed by atoms with E-state index in [-0.39, 0.29) is 0 Å². The van der Waals surface area contributed by atoms with Gasteiger partial charge in [-0.2, -0.15) is 0 Å². The van der Waals surface area contributed by atoms with Crippen LogP contribution in [0.4, 0.5) is 5.82 Å². The van der Waals surface area contributed by atoms with E-state index in [0.29, 0.717) is 6.54 Å². The van der Waals surface area contributed by atoms with Gasteiger partial charge in [-0.1, -0.05) is 24.3 Å². The Balaban J connectivity index is 2.01. The van der Waals surface area contributed by atoms with Gasteiger partial charge in [0.15, 0.2) is 0 Å².